The van der Waals surface area contributed by atoms with Crippen LogP contribution < -0.4 is 0 Å². The molecule has 4 rings (SSSR count). The molecule has 0 saturated heterocycles. The summed E-state index contributed by atoms with van der Waals surface area (Å²) in [4.78, 5) is 15.8. The molecule has 0 radical (unpaired) electrons. The Hall–Kier alpha value is -3.88. The average molecular weight is 349 g/mol. The maximum absolute atomic E-state index is 13.1. The Morgan fingerprint density at radius 1 is 0.852 bits per heavy atom. The van der Waals surface area contributed by atoms with Crippen LogP contribution in [0.3, 0.4) is 0 Å². The second kappa shape index (κ2) is 7.16. The molecule has 0 aromatic heterocycles. The van der Waals surface area contributed by atoms with Gasteiger partial charge in [0.05, 0.1) is 0 Å². The zero-order valence-electron chi connectivity index (χ0n) is 14.4. The molecule has 27 heavy (non-hydrogen) atoms. The van der Waals surface area contributed by atoms with Gasteiger partial charge in [0.2, 0.25) is 0 Å². The zero-order valence-corrected chi connectivity index (χ0v) is 14.4. The molecular weight excluding hydrogens is 334 g/mol. The summed E-state index contributed by atoms with van der Waals surface area (Å²) in [5.41, 5.74) is 10.6. The maximum Gasteiger partial charge on any atom is 0.187 e. The highest BCUT2D eigenvalue weighted by Gasteiger charge is 2.12. The van der Waals surface area contributed by atoms with E-state index in [-0.39, 0.29) is 5.78 Å². The zero-order chi connectivity index (χ0) is 18.6. The van der Waals surface area contributed by atoms with Gasteiger partial charge in [-0.15, -0.1) is 0 Å². The predicted molar refractivity (Wildman–Crippen MR) is 110 cm³/mol. The van der Waals surface area contributed by atoms with Crippen molar-refractivity contribution >= 4 is 39.1 Å². The summed E-state index contributed by atoms with van der Waals surface area (Å²) >= 11 is 0. The summed E-state index contributed by atoms with van der Waals surface area (Å²) < 4.78 is 0. The predicted octanol–water partition coefficient (Wildman–Crippen LogP) is 6.83. The van der Waals surface area contributed by atoms with Gasteiger partial charge in [-0.1, -0.05) is 84.0 Å². The van der Waals surface area contributed by atoms with Gasteiger partial charge < -0.3 is 0 Å². The lowest BCUT2D eigenvalue weighted by molar-refractivity contribution is 0.105. The van der Waals surface area contributed by atoms with Gasteiger partial charge in [-0.2, -0.15) is 0 Å². The first kappa shape index (κ1) is 16.6. The third-order valence-electron chi connectivity index (χ3n) is 4.50. The van der Waals surface area contributed by atoms with Crippen LogP contribution in [-0.4, -0.2) is 5.78 Å². The standard InChI is InChI=1S/C23H15N3O/c24-26-25-19-12-9-16(10-13-19)11-14-22(27)23-20-7-3-1-5-17(20)15-18-6-2-4-8-21(18)23/h1-15H. The average Bonchev–Trinajstić information content (AvgIpc) is 2.71. The summed E-state index contributed by atoms with van der Waals surface area (Å²) in [6.45, 7) is 0. The number of benzene rings is 4. The van der Waals surface area contributed by atoms with Gasteiger partial charge >= 0.3 is 0 Å². The first-order chi connectivity index (χ1) is 13.3. The Kier molecular flexibility index (Phi) is 4.40. The van der Waals surface area contributed by atoms with Gasteiger partial charge in [-0.05, 0) is 44.8 Å². The number of hydrogen-bond acceptors (Lipinski definition) is 2. The molecule has 0 aliphatic carbocycles. The number of carbonyl (C=O) groups excluding carboxylic acids is 1. The van der Waals surface area contributed by atoms with Gasteiger partial charge in [0.15, 0.2) is 5.78 Å². The van der Waals surface area contributed by atoms with E-state index in [0.29, 0.717) is 11.3 Å². The number of fused-ring (bicyclic) bond motifs is 2. The van der Waals surface area contributed by atoms with Crippen LogP contribution >= 0.6 is 0 Å². The molecule has 0 unspecified atom stereocenters. The third kappa shape index (κ3) is 3.30. The molecule has 0 aliphatic heterocycles. The van der Waals surface area contributed by atoms with Crippen LogP contribution in [0.4, 0.5) is 5.69 Å². The van der Waals surface area contributed by atoms with Crippen molar-refractivity contribution in [3.63, 3.8) is 0 Å². The molecule has 0 amide bonds. The van der Waals surface area contributed by atoms with Crippen LogP contribution in [0, 0.1) is 0 Å². The molecule has 0 saturated carbocycles. The molecule has 0 atom stereocenters. The van der Waals surface area contributed by atoms with Crippen LogP contribution in [0.15, 0.2) is 90.1 Å². The minimum Gasteiger partial charge on any atom is -0.289 e. The molecule has 0 aliphatic rings. The van der Waals surface area contributed by atoms with Crippen LogP contribution in [0.5, 0.6) is 0 Å². The van der Waals surface area contributed by atoms with Gasteiger partial charge in [-0.25, -0.2) is 0 Å². The minimum absolute atomic E-state index is 0.0397. The number of hydrogen-bond donors (Lipinski definition) is 0. The summed E-state index contributed by atoms with van der Waals surface area (Å²) in [6, 6.07) is 25.1. The largest absolute Gasteiger partial charge is 0.289 e. The molecular formula is C23H15N3O. The fourth-order valence-electron chi connectivity index (χ4n) is 3.24. The maximum atomic E-state index is 13.1. The van der Waals surface area contributed by atoms with Crippen molar-refractivity contribution in [2.24, 2.45) is 5.11 Å². The number of azide groups is 1. The second-order valence-corrected chi connectivity index (χ2v) is 6.17. The normalized spacial score (nSPS) is 11.0. The topological polar surface area (TPSA) is 65.8 Å². The highest BCUT2D eigenvalue weighted by Crippen LogP contribution is 2.29. The van der Waals surface area contributed by atoms with Crippen LogP contribution in [0.2, 0.25) is 0 Å². The molecule has 0 N–H and O–H groups in total. The van der Waals surface area contributed by atoms with E-state index >= 15 is 0 Å². The highest BCUT2D eigenvalue weighted by atomic mass is 16.1. The molecule has 4 aromatic rings. The van der Waals surface area contributed by atoms with E-state index < -0.39 is 0 Å². The quantitative estimate of drug-likeness (QED) is 0.0994. The van der Waals surface area contributed by atoms with E-state index in [1.165, 1.54) is 0 Å². The van der Waals surface area contributed by atoms with Crippen molar-refractivity contribution in [1.29, 1.82) is 0 Å². The third-order valence-corrected chi connectivity index (χ3v) is 4.50. The van der Waals surface area contributed by atoms with Crippen molar-refractivity contribution in [1.82, 2.24) is 0 Å². The number of rotatable bonds is 4. The molecule has 0 heterocycles. The van der Waals surface area contributed by atoms with Crippen molar-refractivity contribution < 1.29 is 4.79 Å². The Labute approximate surface area is 156 Å². The van der Waals surface area contributed by atoms with Gasteiger partial charge in [0.1, 0.15) is 0 Å². The van der Waals surface area contributed by atoms with Crippen LogP contribution in [-0.2, 0) is 0 Å². The van der Waals surface area contributed by atoms with E-state index in [4.69, 9.17) is 5.53 Å². The summed E-state index contributed by atoms with van der Waals surface area (Å²) in [6.07, 6.45) is 3.37. The summed E-state index contributed by atoms with van der Waals surface area (Å²) in [5.74, 6) is -0.0397. The smallest absolute Gasteiger partial charge is 0.187 e. The Bertz CT molecular complexity index is 1180. The van der Waals surface area contributed by atoms with Crippen LogP contribution in [0.25, 0.3) is 38.1 Å². The highest BCUT2D eigenvalue weighted by molar-refractivity contribution is 6.23. The van der Waals surface area contributed by atoms with Gasteiger partial charge in [0.25, 0.3) is 0 Å². The first-order valence-corrected chi connectivity index (χ1v) is 8.54. The summed E-state index contributed by atoms with van der Waals surface area (Å²) in [5, 5.41) is 7.54. The molecule has 0 bridgehead atoms. The number of carbonyl (C=O) groups is 1. The SMILES string of the molecule is [N-]=[N+]=Nc1ccc(C=CC(=O)c2c3ccccc3cc3ccccc23)cc1. The molecule has 0 fully saturated rings. The van der Waals surface area contributed by atoms with Crippen molar-refractivity contribution in [3.05, 3.63) is 107 Å². The van der Waals surface area contributed by atoms with Gasteiger partial charge in [0, 0.05) is 16.2 Å². The number of allylic oxidation sites excluding steroid dienone is 1. The fraction of sp³-hybridized carbons (Fsp3) is 0. The van der Waals surface area contributed by atoms with E-state index in [0.717, 1.165) is 27.1 Å². The monoisotopic (exact) mass is 349 g/mol. The molecule has 128 valence electrons. The molecule has 0 spiro atoms. The second-order valence-electron chi connectivity index (χ2n) is 6.17. The number of nitrogens with zero attached hydrogens (tertiary/aromatic N) is 3. The lowest BCUT2D eigenvalue weighted by Crippen LogP contribution is -1.98. The first-order valence-electron chi connectivity index (χ1n) is 8.54. The van der Waals surface area contributed by atoms with Crippen molar-refractivity contribution in [3.8, 4) is 0 Å². The Morgan fingerprint density at radius 3 is 2.04 bits per heavy atom. The van der Waals surface area contributed by atoms with E-state index in [9.17, 15) is 4.79 Å². The van der Waals surface area contributed by atoms with Crippen molar-refractivity contribution in [2.45, 2.75) is 0 Å². The van der Waals surface area contributed by atoms with Crippen LogP contribution in [0.1, 0.15) is 15.9 Å². The summed E-state index contributed by atoms with van der Waals surface area (Å²) in [7, 11) is 0. The van der Waals surface area contributed by atoms with Crippen molar-refractivity contribution in [2.75, 3.05) is 0 Å². The minimum atomic E-state index is -0.0397. The Balaban J connectivity index is 1.78. The van der Waals surface area contributed by atoms with Gasteiger partial charge in [-0.3, -0.25) is 4.79 Å². The lowest BCUT2D eigenvalue weighted by Gasteiger charge is -2.09. The van der Waals surface area contributed by atoms with E-state index in [2.05, 4.69) is 16.1 Å². The fourth-order valence-corrected chi connectivity index (χ4v) is 3.24. The van der Waals surface area contributed by atoms with E-state index in [1.807, 2.05) is 60.7 Å². The molecule has 4 nitrogen and oxygen atoms in total. The Morgan fingerprint density at radius 2 is 1.44 bits per heavy atom. The number of ketones is 1. The lowest BCUT2D eigenvalue weighted by atomic mass is 9.94. The molecule has 4 aromatic carbocycles. The van der Waals surface area contributed by atoms with E-state index in [1.54, 1.807) is 24.3 Å². The molecule has 4 heteroatoms.